The molecule has 164 valence electrons. The van der Waals surface area contributed by atoms with Gasteiger partial charge in [-0.05, 0) is 60.9 Å². The van der Waals surface area contributed by atoms with Crippen LogP contribution in [0.25, 0.3) is 11.1 Å². The molecule has 7 heteroatoms. The van der Waals surface area contributed by atoms with E-state index in [0.29, 0.717) is 35.9 Å². The summed E-state index contributed by atoms with van der Waals surface area (Å²) in [7, 11) is 3.20. The van der Waals surface area contributed by atoms with Gasteiger partial charge in [0.2, 0.25) is 11.5 Å². The summed E-state index contributed by atoms with van der Waals surface area (Å²) in [5.41, 5.74) is 11.8. The Morgan fingerprint density at radius 2 is 1.94 bits per heavy atom. The zero-order chi connectivity index (χ0) is 22.0. The number of aryl methyl sites for hydroxylation is 2. The molecule has 0 saturated heterocycles. The molecule has 4 rings (SSSR count). The van der Waals surface area contributed by atoms with Crippen molar-refractivity contribution in [3.8, 4) is 11.5 Å². The largest absolute Gasteiger partial charge is 0.493 e. The number of amides is 1. The number of benzene rings is 1. The minimum absolute atomic E-state index is 0.151. The second kappa shape index (κ2) is 8.88. The van der Waals surface area contributed by atoms with Crippen molar-refractivity contribution in [2.24, 2.45) is 0 Å². The quantitative estimate of drug-likeness (QED) is 0.571. The Morgan fingerprint density at radius 3 is 2.68 bits per heavy atom. The number of nitrogens with two attached hydrogens (primary N) is 1. The van der Waals surface area contributed by atoms with E-state index in [-0.39, 0.29) is 11.7 Å². The van der Waals surface area contributed by atoms with E-state index in [0.717, 1.165) is 48.7 Å². The van der Waals surface area contributed by atoms with E-state index in [4.69, 9.17) is 24.6 Å². The molecular formula is C24H29N3O4. The summed E-state index contributed by atoms with van der Waals surface area (Å²) in [5.74, 6) is 1.17. The number of nitrogens with zero attached hydrogens (tertiary/aromatic N) is 1. The van der Waals surface area contributed by atoms with Crippen LogP contribution in [-0.2, 0) is 25.7 Å². The average Bonchev–Trinajstić information content (AvgIpc) is 3.38. The predicted molar refractivity (Wildman–Crippen MR) is 120 cm³/mol. The van der Waals surface area contributed by atoms with Gasteiger partial charge in [-0.2, -0.15) is 0 Å². The Labute approximate surface area is 181 Å². The van der Waals surface area contributed by atoms with Gasteiger partial charge in [-0.1, -0.05) is 19.4 Å². The van der Waals surface area contributed by atoms with Gasteiger partial charge < -0.3 is 24.9 Å². The Hall–Kier alpha value is -3.22. The second-order valence-electron chi connectivity index (χ2n) is 7.84. The first-order chi connectivity index (χ1) is 15.1. The highest BCUT2D eigenvalue weighted by Gasteiger charge is 2.27. The van der Waals surface area contributed by atoms with Crippen molar-refractivity contribution in [1.82, 2.24) is 10.3 Å². The van der Waals surface area contributed by atoms with Crippen molar-refractivity contribution < 1.29 is 18.7 Å². The van der Waals surface area contributed by atoms with Crippen LogP contribution < -0.4 is 20.5 Å². The number of methoxy groups -OCH3 is 2. The fraction of sp³-hybridized carbons (Fsp3) is 0.417. The van der Waals surface area contributed by atoms with Crippen molar-refractivity contribution in [2.75, 3.05) is 26.5 Å². The molecule has 0 atom stereocenters. The van der Waals surface area contributed by atoms with Crippen LogP contribution >= 0.6 is 0 Å². The number of nitrogen functional groups attached to an aromatic ring is 1. The molecule has 0 saturated carbocycles. The summed E-state index contributed by atoms with van der Waals surface area (Å²) in [6, 6.07) is 5.71. The molecule has 3 N–H and O–H groups in total. The lowest BCUT2D eigenvalue weighted by Crippen LogP contribution is -2.26. The third-order valence-electron chi connectivity index (χ3n) is 5.87. The maximum Gasteiger partial charge on any atom is 0.289 e. The van der Waals surface area contributed by atoms with Crippen LogP contribution in [0.5, 0.6) is 11.5 Å². The lowest BCUT2D eigenvalue weighted by molar-refractivity contribution is 0.0929. The van der Waals surface area contributed by atoms with Crippen LogP contribution in [0.2, 0.25) is 0 Å². The van der Waals surface area contributed by atoms with Crippen molar-refractivity contribution in [3.63, 3.8) is 0 Å². The molecule has 31 heavy (non-hydrogen) atoms. The third kappa shape index (κ3) is 3.92. The first kappa shape index (κ1) is 21.0. The lowest BCUT2D eigenvalue weighted by atomic mass is 10.0. The Morgan fingerprint density at radius 1 is 1.16 bits per heavy atom. The average molecular weight is 424 g/mol. The maximum absolute atomic E-state index is 12.8. The number of anilines is 1. The fourth-order valence-electron chi connectivity index (χ4n) is 4.38. The van der Waals surface area contributed by atoms with Gasteiger partial charge in [-0.15, -0.1) is 0 Å². The van der Waals surface area contributed by atoms with Crippen molar-refractivity contribution in [3.05, 3.63) is 46.3 Å². The van der Waals surface area contributed by atoms with Crippen molar-refractivity contribution in [1.29, 1.82) is 0 Å². The van der Waals surface area contributed by atoms with Gasteiger partial charge in [-0.3, -0.25) is 4.79 Å². The number of nitrogens with one attached hydrogen (secondary N) is 1. The van der Waals surface area contributed by atoms with Crippen molar-refractivity contribution >= 4 is 22.7 Å². The molecule has 0 bridgehead atoms. The normalized spacial score (nSPS) is 12.7. The summed E-state index contributed by atoms with van der Waals surface area (Å²) in [5, 5.41) is 3.73. The van der Waals surface area contributed by atoms with E-state index in [2.05, 4.69) is 12.2 Å². The van der Waals surface area contributed by atoms with E-state index in [9.17, 15) is 4.79 Å². The van der Waals surface area contributed by atoms with Gasteiger partial charge in [0, 0.05) is 12.2 Å². The molecule has 1 aromatic carbocycles. The van der Waals surface area contributed by atoms with Gasteiger partial charge in [0.1, 0.15) is 0 Å². The molecule has 0 spiro atoms. The maximum atomic E-state index is 12.8. The number of hydrogen-bond acceptors (Lipinski definition) is 6. The Kier molecular flexibility index (Phi) is 6.02. The minimum Gasteiger partial charge on any atom is -0.493 e. The second-order valence-corrected chi connectivity index (χ2v) is 7.84. The number of carbonyl (C=O) groups excluding carboxylic acids is 1. The molecule has 2 heterocycles. The summed E-state index contributed by atoms with van der Waals surface area (Å²) in [6.07, 6.45) is 5.63. The summed E-state index contributed by atoms with van der Waals surface area (Å²) >= 11 is 0. The highest BCUT2D eigenvalue weighted by molar-refractivity contribution is 6.06. The van der Waals surface area contributed by atoms with E-state index in [1.807, 2.05) is 18.2 Å². The first-order valence-electron chi connectivity index (χ1n) is 10.8. The molecule has 0 unspecified atom stereocenters. The zero-order valence-electron chi connectivity index (χ0n) is 18.3. The number of furan rings is 1. The third-order valence-corrected chi connectivity index (χ3v) is 5.87. The van der Waals surface area contributed by atoms with Crippen LogP contribution in [0, 0.1) is 0 Å². The van der Waals surface area contributed by atoms with Gasteiger partial charge in [0.15, 0.2) is 11.5 Å². The molecular weight excluding hydrogens is 394 g/mol. The van der Waals surface area contributed by atoms with Gasteiger partial charge in [0.05, 0.1) is 25.3 Å². The highest BCUT2D eigenvalue weighted by Crippen LogP contribution is 2.37. The number of hydrogen-bond donors (Lipinski definition) is 2. The van der Waals surface area contributed by atoms with Crippen LogP contribution in [-0.4, -0.2) is 31.7 Å². The molecule has 1 aliphatic carbocycles. The minimum atomic E-state index is -0.320. The monoisotopic (exact) mass is 423 g/mol. The zero-order valence-corrected chi connectivity index (χ0v) is 18.3. The molecule has 2 aromatic heterocycles. The topological polar surface area (TPSA) is 99.6 Å². The first-order valence-corrected chi connectivity index (χ1v) is 10.8. The van der Waals surface area contributed by atoms with Crippen molar-refractivity contribution in [2.45, 2.75) is 45.4 Å². The van der Waals surface area contributed by atoms with E-state index in [1.165, 1.54) is 11.1 Å². The highest BCUT2D eigenvalue weighted by atomic mass is 16.5. The fourth-order valence-corrected chi connectivity index (χ4v) is 4.38. The van der Waals surface area contributed by atoms with Crippen LogP contribution in [0.15, 0.2) is 22.6 Å². The summed E-state index contributed by atoms with van der Waals surface area (Å²) in [6.45, 7) is 2.58. The number of ether oxygens (including phenoxy) is 2. The number of aromatic nitrogens is 1. The summed E-state index contributed by atoms with van der Waals surface area (Å²) < 4.78 is 16.5. The lowest BCUT2D eigenvalue weighted by Gasteiger charge is -2.10. The summed E-state index contributed by atoms with van der Waals surface area (Å²) in [4.78, 5) is 17.5. The van der Waals surface area contributed by atoms with E-state index >= 15 is 0 Å². The predicted octanol–water partition coefficient (Wildman–Crippen LogP) is 3.84. The van der Waals surface area contributed by atoms with Gasteiger partial charge in [-0.25, -0.2) is 4.98 Å². The van der Waals surface area contributed by atoms with E-state index in [1.54, 1.807) is 14.2 Å². The van der Waals surface area contributed by atoms with Crippen LogP contribution in [0.1, 0.15) is 52.7 Å². The SMILES string of the molecule is CCCc1nc2oc(C(=O)NCCc3ccc(OC)c(OC)c3)c(N)c2c2c1CCC2. The number of pyridine rings is 1. The number of carbonyl (C=O) groups is 1. The molecule has 1 aliphatic rings. The molecule has 1 amide bonds. The molecule has 0 radical (unpaired) electrons. The Balaban J connectivity index is 1.51. The molecule has 3 aromatic rings. The van der Waals surface area contributed by atoms with Gasteiger partial charge in [0.25, 0.3) is 5.91 Å². The molecule has 7 nitrogen and oxygen atoms in total. The number of rotatable bonds is 8. The van der Waals surface area contributed by atoms with E-state index < -0.39 is 0 Å². The van der Waals surface area contributed by atoms with Crippen LogP contribution in [0.4, 0.5) is 5.69 Å². The smallest absolute Gasteiger partial charge is 0.289 e. The number of fused-ring (bicyclic) bond motifs is 3. The molecule has 0 fully saturated rings. The van der Waals surface area contributed by atoms with Crippen LogP contribution in [0.3, 0.4) is 0 Å². The standard InChI is InChI=1S/C24H29N3O4/c1-4-6-17-15-7-5-8-16(15)20-21(25)22(31-24(20)27-17)23(28)26-12-11-14-9-10-18(29-2)19(13-14)30-3/h9-10,13H,4-8,11-12,25H2,1-3H3,(H,26,28). The van der Waals surface area contributed by atoms with Gasteiger partial charge >= 0.3 is 0 Å². The molecule has 0 aliphatic heterocycles. The Bertz CT molecular complexity index is 1120.